The second-order valence-electron chi connectivity index (χ2n) is 5.56. The molecule has 0 radical (unpaired) electrons. The van der Waals surface area contributed by atoms with Crippen molar-refractivity contribution < 1.29 is 0 Å². The molecule has 0 bridgehead atoms. The summed E-state index contributed by atoms with van der Waals surface area (Å²) in [5.41, 5.74) is 4.24. The molecule has 5 nitrogen and oxygen atoms in total. The minimum atomic E-state index is 0.697. The van der Waals surface area contributed by atoms with E-state index in [-0.39, 0.29) is 0 Å². The first-order chi connectivity index (χ1) is 12.1. The van der Waals surface area contributed by atoms with Crippen LogP contribution in [0.25, 0.3) is 16.9 Å². The number of halogens is 2. The second kappa shape index (κ2) is 6.46. The van der Waals surface area contributed by atoms with E-state index < -0.39 is 0 Å². The Morgan fingerprint density at radius 2 is 2.04 bits per heavy atom. The standard InChI is InChI=1S/C18H13BrClN5/c1-11-4-2-6-13(17(11)20)15-8-16(23-12-5-3-7-21-9-12)25-18(24-15)14(19)10-22-25/h2-10,23H,1H3. The van der Waals surface area contributed by atoms with Crippen LogP contribution < -0.4 is 5.32 Å². The number of hydrogen-bond acceptors (Lipinski definition) is 4. The molecule has 124 valence electrons. The van der Waals surface area contributed by atoms with Gasteiger partial charge in [-0.15, -0.1) is 0 Å². The molecule has 3 heterocycles. The molecule has 0 fully saturated rings. The van der Waals surface area contributed by atoms with Crippen molar-refractivity contribution in [2.45, 2.75) is 6.92 Å². The summed E-state index contributed by atoms with van der Waals surface area (Å²) in [6, 6.07) is 11.7. The maximum Gasteiger partial charge on any atom is 0.172 e. The van der Waals surface area contributed by atoms with Gasteiger partial charge in [0.1, 0.15) is 5.82 Å². The number of aromatic nitrogens is 4. The first kappa shape index (κ1) is 16.1. The Morgan fingerprint density at radius 1 is 1.16 bits per heavy atom. The SMILES string of the molecule is Cc1cccc(-c2cc(Nc3cccnc3)n3ncc(Br)c3n2)c1Cl. The molecule has 0 saturated heterocycles. The number of aryl methyl sites for hydroxylation is 1. The van der Waals surface area contributed by atoms with E-state index in [1.165, 1.54) is 0 Å². The highest BCUT2D eigenvalue weighted by atomic mass is 79.9. The van der Waals surface area contributed by atoms with Crippen molar-refractivity contribution in [2.75, 3.05) is 5.32 Å². The lowest BCUT2D eigenvalue weighted by Crippen LogP contribution is -2.03. The predicted octanol–water partition coefficient (Wildman–Crippen LogP) is 5.26. The summed E-state index contributed by atoms with van der Waals surface area (Å²) in [6.07, 6.45) is 5.21. The molecule has 0 atom stereocenters. The van der Waals surface area contributed by atoms with E-state index in [4.69, 9.17) is 16.6 Å². The number of nitrogens with zero attached hydrogens (tertiary/aromatic N) is 4. The van der Waals surface area contributed by atoms with Gasteiger partial charge in [0.2, 0.25) is 0 Å². The number of nitrogens with one attached hydrogen (secondary N) is 1. The maximum atomic E-state index is 6.50. The van der Waals surface area contributed by atoms with Crippen LogP contribution in [0.2, 0.25) is 5.02 Å². The van der Waals surface area contributed by atoms with Crippen LogP contribution in [0.4, 0.5) is 11.5 Å². The van der Waals surface area contributed by atoms with Crippen molar-refractivity contribution in [2.24, 2.45) is 0 Å². The average molecular weight is 415 g/mol. The number of anilines is 2. The number of hydrogen-bond donors (Lipinski definition) is 1. The minimum absolute atomic E-state index is 0.697. The summed E-state index contributed by atoms with van der Waals surface area (Å²) >= 11 is 10.0. The lowest BCUT2D eigenvalue weighted by atomic mass is 10.1. The molecule has 0 saturated carbocycles. The van der Waals surface area contributed by atoms with E-state index in [0.717, 1.165) is 32.8 Å². The normalized spacial score (nSPS) is 11.0. The monoisotopic (exact) mass is 413 g/mol. The van der Waals surface area contributed by atoms with Gasteiger partial charge in [0.15, 0.2) is 5.65 Å². The first-order valence-electron chi connectivity index (χ1n) is 7.60. The van der Waals surface area contributed by atoms with Gasteiger partial charge in [-0.1, -0.05) is 29.8 Å². The van der Waals surface area contributed by atoms with Crippen molar-refractivity contribution >= 4 is 44.7 Å². The summed E-state index contributed by atoms with van der Waals surface area (Å²) < 4.78 is 2.55. The van der Waals surface area contributed by atoms with Gasteiger partial charge in [-0.25, -0.2) is 4.98 Å². The Kier molecular flexibility index (Phi) is 4.15. The zero-order valence-electron chi connectivity index (χ0n) is 13.2. The molecular weight excluding hydrogens is 402 g/mol. The zero-order chi connectivity index (χ0) is 17.4. The zero-order valence-corrected chi connectivity index (χ0v) is 15.6. The van der Waals surface area contributed by atoms with Crippen molar-refractivity contribution in [1.29, 1.82) is 0 Å². The molecule has 1 N–H and O–H groups in total. The summed E-state index contributed by atoms with van der Waals surface area (Å²) in [4.78, 5) is 8.86. The van der Waals surface area contributed by atoms with Gasteiger partial charge < -0.3 is 5.32 Å². The molecule has 7 heteroatoms. The van der Waals surface area contributed by atoms with Crippen molar-refractivity contribution in [1.82, 2.24) is 19.6 Å². The van der Waals surface area contributed by atoms with E-state index >= 15 is 0 Å². The fraction of sp³-hybridized carbons (Fsp3) is 0.0556. The van der Waals surface area contributed by atoms with Crippen molar-refractivity contribution in [3.63, 3.8) is 0 Å². The quantitative estimate of drug-likeness (QED) is 0.497. The Bertz CT molecular complexity index is 1060. The van der Waals surface area contributed by atoms with E-state index in [1.54, 1.807) is 23.1 Å². The van der Waals surface area contributed by atoms with E-state index in [1.807, 2.05) is 43.3 Å². The molecular formula is C18H13BrClN5. The third-order valence-electron chi connectivity index (χ3n) is 3.83. The number of fused-ring (bicyclic) bond motifs is 1. The highest BCUT2D eigenvalue weighted by molar-refractivity contribution is 9.10. The molecule has 1 aromatic carbocycles. The Balaban J connectivity index is 1.91. The van der Waals surface area contributed by atoms with Crippen molar-refractivity contribution in [3.05, 3.63) is 70.0 Å². The minimum Gasteiger partial charge on any atom is -0.339 e. The van der Waals surface area contributed by atoms with Crippen LogP contribution in [-0.2, 0) is 0 Å². The third kappa shape index (κ3) is 2.99. The molecule has 4 rings (SSSR count). The van der Waals surface area contributed by atoms with Gasteiger partial charge >= 0.3 is 0 Å². The summed E-state index contributed by atoms with van der Waals surface area (Å²) in [5, 5.41) is 8.42. The van der Waals surface area contributed by atoms with Crippen LogP contribution in [-0.4, -0.2) is 19.6 Å². The number of benzene rings is 1. The topological polar surface area (TPSA) is 55.1 Å². The fourth-order valence-electron chi connectivity index (χ4n) is 2.59. The largest absolute Gasteiger partial charge is 0.339 e. The van der Waals surface area contributed by atoms with Crippen LogP contribution >= 0.6 is 27.5 Å². The van der Waals surface area contributed by atoms with Gasteiger partial charge in [0, 0.05) is 17.8 Å². The molecule has 3 aromatic heterocycles. The summed E-state index contributed by atoms with van der Waals surface area (Å²) in [7, 11) is 0. The van der Waals surface area contributed by atoms with Crippen molar-refractivity contribution in [3.8, 4) is 11.3 Å². The Morgan fingerprint density at radius 3 is 2.84 bits per heavy atom. The lowest BCUT2D eigenvalue weighted by Gasteiger charge is -2.12. The molecule has 0 spiro atoms. The summed E-state index contributed by atoms with van der Waals surface area (Å²) in [5.74, 6) is 0.774. The Hall–Kier alpha value is -2.44. The first-order valence-corrected chi connectivity index (χ1v) is 8.77. The average Bonchev–Trinajstić information content (AvgIpc) is 3.00. The smallest absolute Gasteiger partial charge is 0.172 e. The molecule has 25 heavy (non-hydrogen) atoms. The van der Waals surface area contributed by atoms with Gasteiger partial charge in [0.25, 0.3) is 0 Å². The number of rotatable bonds is 3. The highest BCUT2D eigenvalue weighted by Crippen LogP contribution is 2.32. The van der Waals surface area contributed by atoms with E-state index in [2.05, 4.69) is 31.3 Å². The molecule has 4 aromatic rings. The summed E-state index contributed by atoms with van der Waals surface area (Å²) in [6.45, 7) is 1.98. The number of pyridine rings is 1. The van der Waals surface area contributed by atoms with Gasteiger partial charge in [-0.2, -0.15) is 9.61 Å². The van der Waals surface area contributed by atoms with Gasteiger partial charge in [0.05, 0.1) is 33.3 Å². The van der Waals surface area contributed by atoms with Crippen LogP contribution in [0.15, 0.2) is 59.5 Å². The van der Waals surface area contributed by atoms with Crippen LogP contribution in [0.1, 0.15) is 5.56 Å². The fourth-order valence-corrected chi connectivity index (χ4v) is 3.16. The van der Waals surface area contributed by atoms with Crippen LogP contribution in [0, 0.1) is 6.92 Å². The highest BCUT2D eigenvalue weighted by Gasteiger charge is 2.14. The third-order valence-corrected chi connectivity index (χ3v) is 4.89. The van der Waals surface area contributed by atoms with E-state index in [0.29, 0.717) is 10.7 Å². The van der Waals surface area contributed by atoms with Gasteiger partial charge in [-0.3, -0.25) is 4.98 Å². The predicted molar refractivity (Wildman–Crippen MR) is 103 cm³/mol. The van der Waals surface area contributed by atoms with E-state index in [9.17, 15) is 0 Å². The molecule has 0 aliphatic rings. The molecule has 0 aliphatic carbocycles. The van der Waals surface area contributed by atoms with Crippen LogP contribution in [0.3, 0.4) is 0 Å². The lowest BCUT2D eigenvalue weighted by molar-refractivity contribution is 0.948. The molecule has 0 amide bonds. The maximum absolute atomic E-state index is 6.50. The molecule has 0 aliphatic heterocycles. The van der Waals surface area contributed by atoms with Gasteiger partial charge in [-0.05, 0) is 40.5 Å². The molecule has 0 unspecified atom stereocenters. The second-order valence-corrected chi connectivity index (χ2v) is 6.79. The Labute approximate surface area is 157 Å². The van der Waals surface area contributed by atoms with Crippen LogP contribution in [0.5, 0.6) is 0 Å².